The van der Waals surface area contributed by atoms with E-state index in [4.69, 9.17) is 4.42 Å². The average molecular weight is 345 g/mol. The molecule has 0 unspecified atom stereocenters. The molecule has 0 spiro atoms. The molecule has 2 aliphatic rings. The van der Waals surface area contributed by atoms with Crippen LogP contribution in [0.25, 0.3) is 0 Å². The SMILES string of the molecule is O=C(c1ccco1)N1CC[NH+](Cc2nnnn2C2CCCCC2)CC1. The number of quaternary nitrogens is 1. The molecule has 8 heteroatoms. The van der Waals surface area contributed by atoms with E-state index in [0.29, 0.717) is 11.8 Å². The summed E-state index contributed by atoms with van der Waals surface area (Å²) < 4.78 is 7.26. The summed E-state index contributed by atoms with van der Waals surface area (Å²) in [6.07, 6.45) is 7.76. The number of tetrazole rings is 1. The number of nitrogens with zero attached hydrogens (tertiary/aromatic N) is 5. The number of hydrogen-bond acceptors (Lipinski definition) is 5. The molecule has 1 N–H and O–H groups in total. The van der Waals surface area contributed by atoms with Crippen LogP contribution in [0.1, 0.15) is 54.5 Å². The standard InChI is InChI=1S/C17H24N6O2/c24-17(15-7-4-12-25-15)22-10-8-21(9-11-22)13-16-18-19-20-23(16)14-5-2-1-3-6-14/h4,7,12,14H,1-3,5-6,8-11,13H2/p+1. The molecule has 0 atom stereocenters. The minimum atomic E-state index is -0.0175. The topological polar surface area (TPSA) is 81.5 Å². The quantitative estimate of drug-likeness (QED) is 0.863. The van der Waals surface area contributed by atoms with Crippen LogP contribution in [-0.4, -0.2) is 57.2 Å². The number of hydrogen-bond donors (Lipinski definition) is 1. The van der Waals surface area contributed by atoms with Crippen LogP contribution in [0.15, 0.2) is 22.8 Å². The van der Waals surface area contributed by atoms with E-state index in [9.17, 15) is 4.79 Å². The highest BCUT2D eigenvalue weighted by Gasteiger charge is 2.28. The van der Waals surface area contributed by atoms with Crippen LogP contribution < -0.4 is 4.90 Å². The van der Waals surface area contributed by atoms with E-state index in [2.05, 4.69) is 15.5 Å². The van der Waals surface area contributed by atoms with E-state index in [1.165, 1.54) is 37.0 Å². The van der Waals surface area contributed by atoms with Crippen molar-refractivity contribution in [2.24, 2.45) is 0 Å². The number of rotatable bonds is 4. The van der Waals surface area contributed by atoms with Crippen LogP contribution in [0.3, 0.4) is 0 Å². The van der Waals surface area contributed by atoms with Gasteiger partial charge in [-0.3, -0.25) is 4.79 Å². The lowest BCUT2D eigenvalue weighted by atomic mass is 9.95. The minimum Gasteiger partial charge on any atom is -0.459 e. The Labute approximate surface area is 146 Å². The maximum Gasteiger partial charge on any atom is 0.289 e. The van der Waals surface area contributed by atoms with Crippen LogP contribution >= 0.6 is 0 Å². The van der Waals surface area contributed by atoms with Crippen molar-refractivity contribution in [2.45, 2.75) is 44.7 Å². The summed E-state index contributed by atoms with van der Waals surface area (Å²) in [6, 6.07) is 3.93. The molecule has 134 valence electrons. The van der Waals surface area contributed by atoms with Gasteiger partial charge in [0.25, 0.3) is 5.91 Å². The van der Waals surface area contributed by atoms with Gasteiger partial charge in [0.1, 0.15) is 6.54 Å². The van der Waals surface area contributed by atoms with E-state index < -0.39 is 0 Å². The molecular formula is C17H25N6O2+. The van der Waals surface area contributed by atoms with Gasteiger partial charge in [0.2, 0.25) is 5.82 Å². The van der Waals surface area contributed by atoms with Crippen LogP contribution in [-0.2, 0) is 6.54 Å². The van der Waals surface area contributed by atoms with Gasteiger partial charge in [-0.25, -0.2) is 4.68 Å². The zero-order chi connectivity index (χ0) is 17.1. The molecule has 1 saturated carbocycles. The zero-order valence-corrected chi connectivity index (χ0v) is 14.4. The summed E-state index contributed by atoms with van der Waals surface area (Å²) in [5, 5.41) is 12.4. The van der Waals surface area contributed by atoms with Crippen LogP contribution in [0, 0.1) is 0 Å². The second kappa shape index (κ2) is 7.35. The van der Waals surface area contributed by atoms with Gasteiger partial charge in [0.05, 0.1) is 38.5 Å². The third-order valence-electron chi connectivity index (χ3n) is 5.38. The first-order valence-electron chi connectivity index (χ1n) is 9.24. The smallest absolute Gasteiger partial charge is 0.289 e. The highest BCUT2D eigenvalue weighted by Crippen LogP contribution is 2.27. The Balaban J connectivity index is 1.33. The third-order valence-corrected chi connectivity index (χ3v) is 5.38. The molecule has 4 rings (SSSR count). The van der Waals surface area contributed by atoms with Gasteiger partial charge in [-0.15, -0.1) is 5.10 Å². The van der Waals surface area contributed by atoms with Gasteiger partial charge in [-0.2, -0.15) is 0 Å². The summed E-state index contributed by atoms with van der Waals surface area (Å²) in [7, 11) is 0. The molecule has 2 aromatic heterocycles. The molecule has 1 amide bonds. The second-order valence-electron chi connectivity index (χ2n) is 7.03. The molecule has 8 nitrogen and oxygen atoms in total. The fraction of sp³-hybridized carbons (Fsp3) is 0.647. The van der Waals surface area contributed by atoms with Crippen LogP contribution in [0.4, 0.5) is 0 Å². The molecule has 0 aromatic carbocycles. The fourth-order valence-corrected chi connectivity index (χ4v) is 3.92. The second-order valence-corrected chi connectivity index (χ2v) is 7.03. The molecular weight excluding hydrogens is 320 g/mol. The highest BCUT2D eigenvalue weighted by atomic mass is 16.3. The van der Waals surface area contributed by atoms with Gasteiger partial charge in [0.15, 0.2) is 5.76 Å². The monoisotopic (exact) mass is 345 g/mol. The number of carbonyl (C=O) groups is 1. The Hall–Kier alpha value is -2.22. The highest BCUT2D eigenvalue weighted by molar-refractivity contribution is 5.91. The first-order chi connectivity index (χ1) is 12.3. The average Bonchev–Trinajstić information content (AvgIpc) is 3.35. The Morgan fingerprint density at radius 1 is 1.24 bits per heavy atom. The van der Waals surface area contributed by atoms with Gasteiger partial charge < -0.3 is 14.2 Å². The Bertz CT molecular complexity index is 684. The van der Waals surface area contributed by atoms with Gasteiger partial charge in [-0.1, -0.05) is 19.3 Å². The first-order valence-corrected chi connectivity index (χ1v) is 9.24. The largest absolute Gasteiger partial charge is 0.459 e. The van der Waals surface area contributed by atoms with Crippen molar-refractivity contribution < 1.29 is 14.1 Å². The number of nitrogens with one attached hydrogen (secondary N) is 1. The molecule has 2 aromatic rings. The predicted molar refractivity (Wildman–Crippen MR) is 89.0 cm³/mol. The first kappa shape index (κ1) is 16.3. The van der Waals surface area contributed by atoms with Crippen molar-refractivity contribution in [3.8, 4) is 0 Å². The summed E-state index contributed by atoms with van der Waals surface area (Å²) >= 11 is 0. The number of piperazine rings is 1. The van der Waals surface area contributed by atoms with Crippen molar-refractivity contribution >= 4 is 5.91 Å². The Morgan fingerprint density at radius 2 is 2.04 bits per heavy atom. The molecule has 1 aliphatic carbocycles. The van der Waals surface area contributed by atoms with Crippen molar-refractivity contribution in [2.75, 3.05) is 26.2 Å². The normalized spacial score (nSPS) is 20.1. The molecule has 0 bridgehead atoms. The summed E-state index contributed by atoms with van der Waals surface area (Å²) in [4.78, 5) is 15.6. The molecule has 3 heterocycles. The molecule has 2 fully saturated rings. The molecule has 25 heavy (non-hydrogen) atoms. The van der Waals surface area contributed by atoms with Gasteiger partial charge in [0, 0.05) is 0 Å². The number of amides is 1. The molecule has 1 aliphatic heterocycles. The number of furan rings is 1. The third kappa shape index (κ3) is 3.58. The van der Waals surface area contributed by atoms with E-state index in [1.54, 1.807) is 18.4 Å². The fourth-order valence-electron chi connectivity index (χ4n) is 3.92. The minimum absolute atomic E-state index is 0.0175. The van der Waals surface area contributed by atoms with Crippen molar-refractivity contribution in [3.05, 3.63) is 30.0 Å². The van der Waals surface area contributed by atoms with E-state index in [-0.39, 0.29) is 5.91 Å². The Morgan fingerprint density at radius 3 is 2.76 bits per heavy atom. The van der Waals surface area contributed by atoms with Gasteiger partial charge in [-0.05, 0) is 35.4 Å². The zero-order valence-electron chi connectivity index (χ0n) is 14.4. The lowest BCUT2D eigenvalue weighted by Crippen LogP contribution is -3.13. The molecule has 1 saturated heterocycles. The van der Waals surface area contributed by atoms with Crippen molar-refractivity contribution in [1.82, 2.24) is 25.1 Å². The summed E-state index contributed by atoms with van der Waals surface area (Å²) in [5.74, 6) is 1.38. The lowest BCUT2D eigenvalue weighted by Gasteiger charge is -2.31. The van der Waals surface area contributed by atoms with Crippen molar-refractivity contribution in [3.63, 3.8) is 0 Å². The number of aromatic nitrogens is 4. The van der Waals surface area contributed by atoms with E-state index >= 15 is 0 Å². The summed E-state index contributed by atoms with van der Waals surface area (Å²) in [5.41, 5.74) is 0. The summed E-state index contributed by atoms with van der Waals surface area (Å²) in [6.45, 7) is 4.11. The van der Waals surface area contributed by atoms with Crippen LogP contribution in [0.5, 0.6) is 0 Å². The van der Waals surface area contributed by atoms with Gasteiger partial charge >= 0.3 is 0 Å². The van der Waals surface area contributed by atoms with E-state index in [1.807, 2.05) is 9.58 Å². The van der Waals surface area contributed by atoms with Crippen LogP contribution in [0.2, 0.25) is 0 Å². The lowest BCUT2D eigenvalue weighted by molar-refractivity contribution is -0.918. The predicted octanol–water partition coefficient (Wildman–Crippen LogP) is 0.312. The Kier molecular flexibility index (Phi) is 4.78. The molecule has 0 radical (unpaired) electrons. The van der Waals surface area contributed by atoms with Crippen molar-refractivity contribution in [1.29, 1.82) is 0 Å². The maximum atomic E-state index is 12.3. The van der Waals surface area contributed by atoms with E-state index in [0.717, 1.165) is 38.5 Å². The maximum absolute atomic E-state index is 12.3. The number of carbonyl (C=O) groups excluding carboxylic acids is 1.